The molecule has 1 aromatic heterocycles. The first kappa shape index (κ1) is 18.2. The molecule has 1 saturated carbocycles. The van der Waals surface area contributed by atoms with E-state index in [1.54, 1.807) is 3.71 Å². The number of rotatable bonds is 4. The van der Waals surface area contributed by atoms with Crippen LogP contribution in [0.25, 0.3) is 10.2 Å². The maximum atomic E-state index is 13.3. The lowest BCUT2D eigenvalue weighted by molar-refractivity contribution is 0.343. The molecule has 4 nitrogen and oxygen atoms in total. The molecule has 3 rings (SSSR count). The van der Waals surface area contributed by atoms with Crippen LogP contribution in [0.4, 0.5) is 0 Å². The lowest BCUT2D eigenvalue weighted by Gasteiger charge is -2.35. The zero-order valence-corrected chi connectivity index (χ0v) is 16.8. The zero-order valence-electron chi connectivity index (χ0n) is 14.4. The summed E-state index contributed by atoms with van der Waals surface area (Å²) in [5.74, 6) is 0. The minimum Gasteiger partial charge on any atom is -0.224 e. The molecule has 1 aromatic carbocycles. The molecule has 132 valence electrons. The van der Waals surface area contributed by atoms with Gasteiger partial charge in [-0.25, -0.2) is 13.4 Å². The van der Waals surface area contributed by atoms with E-state index in [1.807, 2.05) is 24.3 Å². The molecule has 0 aliphatic heterocycles. The first-order valence-electron chi connectivity index (χ1n) is 8.36. The highest BCUT2D eigenvalue weighted by atomic mass is 32.3. The predicted molar refractivity (Wildman–Crippen MR) is 103 cm³/mol. The number of aromatic nitrogens is 1. The number of benzene rings is 1. The van der Waals surface area contributed by atoms with E-state index in [1.165, 1.54) is 29.7 Å². The summed E-state index contributed by atoms with van der Waals surface area (Å²) in [5.41, 5.74) is 0.755. The number of nitrogens with zero attached hydrogens (tertiary/aromatic N) is 2. The lowest BCUT2D eigenvalue weighted by Crippen LogP contribution is -2.39. The van der Waals surface area contributed by atoms with E-state index in [0.717, 1.165) is 35.9 Å². The van der Waals surface area contributed by atoms with Crippen LogP contribution >= 0.6 is 23.3 Å². The molecule has 1 heterocycles. The van der Waals surface area contributed by atoms with Crippen molar-refractivity contribution < 1.29 is 8.42 Å². The van der Waals surface area contributed by atoms with Gasteiger partial charge in [-0.3, -0.25) is 0 Å². The Labute approximate surface area is 152 Å². The Morgan fingerprint density at radius 1 is 1.17 bits per heavy atom. The summed E-state index contributed by atoms with van der Waals surface area (Å²) < 4.78 is 29.3. The van der Waals surface area contributed by atoms with Gasteiger partial charge in [-0.1, -0.05) is 43.3 Å². The molecular weight excluding hydrogens is 360 g/mol. The van der Waals surface area contributed by atoms with Gasteiger partial charge in [0, 0.05) is 10.8 Å². The fourth-order valence-corrected chi connectivity index (χ4v) is 7.84. The number of para-hydroxylation sites is 1. The normalized spacial score (nSPS) is 17.7. The van der Waals surface area contributed by atoms with E-state index in [4.69, 9.17) is 0 Å². The second-order valence-corrected chi connectivity index (χ2v) is 12.3. The Morgan fingerprint density at radius 3 is 2.46 bits per heavy atom. The minimum absolute atomic E-state index is 0.0694. The molecule has 1 fully saturated rings. The van der Waals surface area contributed by atoms with Crippen LogP contribution in [0.1, 0.15) is 52.9 Å². The third-order valence-electron chi connectivity index (χ3n) is 3.97. The molecule has 7 heteroatoms. The summed E-state index contributed by atoms with van der Waals surface area (Å²) in [6.45, 7) is 6.17. The molecule has 2 aromatic rings. The van der Waals surface area contributed by atoms with Gasteiger partial charge in [0.15, 0.2) is 0 Å². The number of thiazole rings is 1. The Morgan fingerprint density at radius 2 is 1.83 bits per heavy atom. The van der Waals surface area contributed by atoms with Crippen molar-refractivity contribution in [2.45, 2.75) is 68.0 Å². The fraction of sp³-hybridized carbons (Fsp3) is 0.588. The second-order valence-electron chi connectivity index (χ2n) is 7.20. The van der Waals surface area contributed by atoms with Gasteiger partial charge in [-0.05, 0) is 45.7 Å². The summed E-state index contributed by atoms with van der Waals surface area (Å²) in [6.07, 6.45) is 5.27. The molecule has 24 heavy (non-hydrogen) atoms. The largest absolute Gasteiger partial charge is 0.279 e. The molecule has 0 atom stereocenters. The highest BCUT2D eigenvalue weighted by Gasteiger charge is 2.37. The second kappa shape index (κ2) is 6.94. The van der Waals surface area contributed by atoms with Crippen LogP contribution in [0.2, 0.25) is 0 Å². The van der Waals surface area contributed by atoms with Crippen LogP contribution in [0.3, 0.4) is 0 Å². The van der Waals surface area contributed by atoms with Crippen molar-refractivity contribution in [3.05, 3.63) is 24.3 Å². The van der Waals surface area contributed by atoms with Crippen LogP contribution in [-0.2, 0) is 10.0 Å². The van der Waals surface area contributed by atoms with Gasteiger partial charge in [0.25, 0.3) is 10.0 Å². The van der Waals surface area contributed by atoms with Crippen LogP contribution in [-0.4, -0.2) is 27.9 Å². The third kappa shape index (κ3) is 3.95. The molecule has 0 amide bonds. The van der Waals surface area contributed by atoms with Crippen molar-refractivity contribution in [2.24, 2.45) is 0 Å². The van der Waals surface area contributed by atoms with Gasteiger partial charge in [0.1, 0.15) is 0 Å². The zero-order chi connectivity index (χ0) is 17.4. The molecule has 0 bridgehead atoms. The van der Waals surface area contributed by atoms with Crippen molar-refractivity contribution in [1.29, 1.82) is 0 Å². The topological polar surface area (TPSA) is 50.3 Å². The average Bonchev–Trinajstić information content (AvgIpc) is 2.97. The Hall–Kier alpha value is -0.630. The monoisotopic (exact) mass is 384 g/mol. The van der Waals surface area contributed by atoms with Crippen LogP contribution in [0.15, 0.2) is 28.6 Å². The van der Waals surface area contributed by atoms with Crippen LogP contribution < -0.4 is 0 Å². The molecule has 0 saturated heterocycles. The van der Waals surface area contributed by atoms with Crippen molar-refractivity contribution in [1.82, 2.24) is 8.69 Å². The Balaban J connectivity index is 2.00. The molecule has 1 aliphatic carbocycles. The number of fused-ring (bicyclic) bond motifs is 1. The lowest BCUT2D eigenvalue weighted by atomic mass is 9.96. The number of hydrogen-bond donors (Lipinski definition) is 0. The maximum absolute atomic E-state index is 13.3. The van der Waals surface area contributed by atoms with Gasteiger partial charge < -0.3 is 0 Å². The molecular formula is C17H24N2O2S3. The predicted octanol–water partition coefficient (Wildman–Crippen LogP) is 5.07. The molecule has 1 aliphatic rings. The smallest absolute Gasteiger partial charge is 0.224 e. The first-order valence-corrected chi connectivity index (χ1v) is 11.4. The highest BCUT2D eigenvalue weighted by molar-refractivity contribution is 8.09. The van der Waals surface area contributed by atoms with Gasteiger partial charge in [-0.2, -0.15) is 0 Å². The van der Waals surface area contributed by atoms with E-state index in [9.17, 15) is 8.42 Å². The van der Waals surface area contributed by atoms with E-state index in [0.29, 0.717) is 0 Å². The standard InChI is InChI=1S/C17H24N2O2S3/c1-17(2,3)23-19(13-9-5-4-6-10-13)24(20,21)16-18-14-11-7-8-12-15(14)22-16/h7-8,11-13H,4-6,9-10H2,1-3H3. The summed E-state index contributed by atoms with van der Waals surface area (Å²) >= 11 is 2.70. The van der Waals surface area contributed by atoms with E-state index in [-0.39, 0.29) is 15.1 Å². The fourth-order valence-electron chi connectivity index (χ4n) is 2.92. The van der Waals surface area contributed by atoms with E-state index in [2.05, 4.69) is 25.8 Å². The van der Waals surface area contributed by atoms with Crippen LogP contribution in [0.5, 0.6) is 0 Å². The van der Waals surface area contributed by atoms with Gasteiger partial charge in [0.2, 0.25) is 4.34 Å². The third-order valence-corrected chi connectivity index (χ3v) is 8.82. The Bertz CT molecular complexity index is 770. The van der Waals surface area contributed by atoms with Crippen LogP contribution in [0, 0.1) is 0 Å². The summed E-state index contributed by atoms with van der Waals surface area (Å²) in [7, 11) is -3.59. The van der Waals surface area contributed by atoms with E-state index >= 15 is 0 Å². The van der Waals surface area contributed by atoms with Gasteiger partial charge in [0.05, 0.1) is 10.2 Å². The number of hydrogen-bond acceptors (Lipinski definition) is 5. The number of sulfonamides is 1. The summed E-state index contributed by atoms with van der Waals surface area (Å²) in [4.78, 5) is 4.41. The van der Waals surface area contributed by atoms with Crippen molar-refractivity contribution in [3.8, 4) is 0 Å². The maximum Gasteiger partial charge on any atom is 0.279 e. The molecule has 0 spiro atoms. The minimum atomic E-state index is -3.59. The molecule has 0 N–H and O–H groups in total. The quantitative estimate of drug-likeness (QED) is 0.691. The summed E-state index contributed by atoms with van der Waals surface area (Å²) in [5, 5.41) is 0. The first-order chi connectivity index (χ1) is 11.3. The van der Waals surface area contributed by atoms with Crippen molar-refractivity contribution in [2.75, 3.05) is 0 Å². The van der Waals surface area contributed by atoms with Gasteiger partial charge in [-0.15, -0.1) is 15.0 Å². The van der Waals surface area contributed by atoms with Crippen molar-refractivity contribution in [3.63, 3.8) is 0 Å². The Kier molecular flexibility index (Phi) is 5.25. The van der Waals surface area contributed by atoms with Gasteiger partial charge >= 0.3 is 0 Å². The molecule has 0 unspecified atom stereocenters. The summed E-state index contributed by atoms with van der Waals surface area (Å²) in [6, 6.07) is 7.67. The molecule has 0 radical (unpaired) electrons. The van der Waals surface area contributed by atoms with Crippen molar-refractivity contribution >= 4 is 43.5 Å². The average molecular weight is 385 g/mol. The SMILES string of the molecule is CC(C)(C)SN(C1CCCCC1)S(=O)(=O)c1nc2ccccc2s1. The highest BCUT2D eigenvalue weighted by Crippen LogP contribution is 2.40. The van der Waals surface area contributed by atoms with E-state index < -0.39 is 10.0 Å².